The fourth-order valence-electron chi connectivity index (χ4n) is 2.23. The van der Waals surface area contributed by atoms with Crippen molar-refractivity contribution in [2.24, 2.45) is 0 Å². The van der Waals surface area contributed by atoms with E-state index in [1.807, 2.05) is 30.3 Å². The molecule has 2 aromatic heterocycles. The normalized spacial score (nSPS) is 10.8. The number of amides is 1. The third-order valence-electron chi connectivity index (χ3n) is 3.30. The van der Waals surface area contributed by atoms with Gasteiger partial charge in [0.25, 0.3) is 5.91 Å². The number of carbonyl (C=O) groups excluding carboxylic acids is 1. The van der Waals surface area contributed by atoms with Crippen LogP contribution in [-0.2, 0) is 0 Å². The molecule has 0 saturated heterocycles. The number of aromatic nitrogens is 2. The highest BCUT2D eigenvalue weighted by Crippen LogP contribution is 2.32. The number of thiophene rings is 1. The predicted molar refractivity (Wildman–Crippen MR) is 91.3 cm³/mol. The zero-order valence-corrected chi connectivity index (χ0v) is 13.1. The number of nitrogen functional groups attached to an aromatic ring is 1. The van der Waals surface area contributed by atoms with Crippen LogP contribution in [0.1, 0.15) is 16.1 Å². The first-order chi connectivity index (χ1) is 11.2. The summed E-state index contributed by atoms with van der Waals surface area (Å²) in [5, 5.41) is 12.4. The molecule has 0 aliphatic carbocycles. The van der Waals surface area contributed by atoms with Gasteiger partial charge < -0.3 is 16.2 Å². The molecule has 3 aromatic rings. The van der Waals surface area contributed by atoms with Crippen molar-refractivity contribution in [2.45, 2.75) is 6.42 Å². The molecule has 0 radical (unpaired) electrons. The summed E-state index contributed by atoms with van der Waals surface area (Å²) in [4.78, 5) is 21.9. The van der Waals surface area contributed by atoms with E-state index in [4.69, 9.17) is 10.8 Å². The maximum absolute atomic E-state index is 12.2. The molecule has 0 bridgehead atoms. The molecule has 0 atom stereocenters. The Balaban J connectivity index is 2.01. The number of hydrogen-bond donors (Lipinski definition) is 3. The van der Waals surface area contributed by atoms with Gasteiger partial charge in [-0.1, -0.05) is 30.3 Å². The number of aliphatic hydroxyl groups excluding tert-OH is 1. The molecule has 1 amide bonds. The summed E-state index contributed by atoms with van der Waals surface area (Å²) >= 11 is 1.28. The average molecular weight is 328 g/mol. The van der Waals surface area contributed by atoms with Gasteiger partial charge in [-0.3, -0.25) is 4.79 Å². The van der Waals surface area contributed by atoms with Gasteiger partial charge in [0.2, 0.25) is 5.95 Å². The molecular formula is C16H16N4O2S. The molecule has 1 aromatic carbocycles. The Kier molecular flexibility index (Phi) is 4.50. The summed E-state index contributed by atoms with van der Waals surface area (Å²) in [6, 6.07) is 11.5. The fourth-order valence-corrected chi connectivity index (χ4v) is 3.19. The van der Waals surface area contributed by atoms with Crippen molar-refractivity contribution >= 4 is 33.4 Å². The third kappa shape index (κ3) is 3.30. The quantitative estimate of drug-likeness (QED) is 0.622. The van der Waals surface area contributed by atoms with Gasteiger partial charge in [0, 0.05) is 24.1 Å². The SMILES string of the molecule is Nc1nc(-c2ccccc2)c2cc(C(=O)NCCCO)sc2n1. The Labute approximate surface area is 137 Å². The first-order valence-corrected chi connectivity index (χ1v) is 8.02. The Bertz CT molecular complexity index is 833. The van der Waals surface area contributed by atoms with Gasteiger partial charge in [0.15, 0.2) is 0 Å². The number of hydrogen-bond acceptors (Lipinski definition) is 6. The Morgan fingerprint density at radius 1 is 1.26 bits per heavy atom. The first-order valence-electron chi connectivity index (χ1n) is 7.20. The average Bonchev–Trinajstić information content (AvgIpc) is 2.99. The number of rotatable bonds is 5. The molecule has 0 aliphatic heterocycles. The van der Waals surface area contributed by atoms with Gasteiger partial charge in [-0.25, -0.2) is 9.97 Å². The lowest BCUT2D eigenvalue weighted by Gasteiger charge is -2.03. The number of benzene rings is 1. The van der Waals surface area contributed by atoms with Crippen LogP contribution in [0.2, 0.25) is 0 Å². The summed E-state index contributed by atoms with van der Waals surface area (Å²) in [6.45, 7) is 0.482. The van der Waals surface area contributed by atoms with Crippen LogP contribution in [0.4, 0.5) is 5.95 Å². The molecule has 0 aliphatic rings. The summed E-state index contributed by atoms with van der Waals surface area (Å²) in [7, 11) is 0. The van der Waals surface area contributed by atoms with E-state index in [2.05, 4.69) is 15.3 Å². The van der Waals surface area contributed by atoms with Crippen molar-refractivity contribution in [1.82, 2.24) is 15.3 Å². The maximum atomic E-state index is 12.2. The third-order valence-corrected chi connectivity index (χ3v) is 4.33. The van der Waals surface area contributed by atoms with Gasteiger partial charge in [0.05, 0.1) is 10.6 Å². The number of nitrogens with zero attached hydrogens (tertiary/aromatic N) is 2. The number of aliphatic hydroxyl groups is 1. The van der Waals surface area contributed by atoms with Crippen molar-refractivity contribution in [3.05, 3.63) is 41.3 Å². The van der Waals surface area contributed by atoms with E-state index in [1.54, 1.807) is 6.07 Å². The molecule has 7 heteroatoms. The van der Waals surface area contributed by atoms with Crippen LogP contribution in [0.25, 0.3) is 21.5 Å². The summed E-state index contributed by atoms with van der Waals surface area (Å²) in [5.74, 6) is 0.00414. The molecule has 2 heterocycles. The van der Waals surface area contributed by atoms with Gasteiger partial charge >= 0.3 is 0 Å². The summed E-state index contributed by atoms with van der Waals surface area (Å²) < 4.78 is 0. The van der Waals surface area contributed by atoms with Crippen LogP contribution in [0.5, 0.6) is 0 Å². The highest BCUT2D eigenvalue weighted by molar-refractivity contribution is 7.20. The first kappa shape index (κ1) is 15.4. The molecule has 3 rings (SSSR count). The topological polar surface area (TPSA) is 101 Å². The van der Waals surface area contributed by atoms with E-state index >= 15 is 0 Å². The van der Waals surface area contributed by atoms with Crippen LogP contribution in [0.3, 0.4) is 0 Å². The van der Waals surface area contributed by atoms with Crippen molar-refractivity contribution < 1.29 is 9.90 Å². The van der Waals surface area contributed by atoms with Crippen LogP contribution < -0.4 is 11.1 Å². The monoisotopic (exact) mass is 328 g/mol. The van der Waals surface area contributed by atoms with Gasteiger partial charge in [-0.05, 0) is 12.5 Å². The van der Waals surface area contributed by atoms with Crippen molar-refractivity contribution in [1.29, 1.82) is 0 Å². The van der Waals surface area contributed by atoms with Gasteiger partial charge in [0.1, 0.15) is 4.83 Å². The minimum absolute atomic E-state index is 0.0485. The van der Waals surface area contributed by atoms with E-state index < -0.39 is 0 Å². The number of anilines is 1. The number of fused-ring (bicyclic) bond motifs is 1. The van der Waals surface area contributed by atoms with Crippen molar-refractivity contribution in [2.75, 3.05) is 18.9 Å². The van der Waals surface area contributed by atoms with E-state index in [0.717, 1.165) is 16.6 Å². The zero-order valence-electron chi connectivity index (χ0n) is 12.3. The highest BCUT2D eigenvalue weighted by atomic mass is 32.1. The van der Waals surface area contributed by atoms with E-state index in [0.29, 0.717) is 22.7 Å². The maximum Gasteiger partial charge on any atom is 0.261 e. The standard InChI is InChI=1S/C16H16N4O2S/c17-16-19-13(10-5-2-1-3-6-10)11-9-12(23-15(11)20-16)14(22)18-7-4-8-21/h1-3,5-6,9,21H,4,7-8H2,(H,18,22)(H2,17,19,20). The molecule has 0 saturated carbocycles. The van der Waals surface area contributed by atoms with E-state index in [-0.39, 0.29) is 18.5 Å². The number of nitrogens with one attached hydrogen (secondary N) is 1. The molecule has 4 N–H and O–H groups in total. The molecule has 6 nitrogen and oxygen atoms in total. The van der Waals surface area contributed by atoms with Crippen molar-refractivity contribution in [3.8, 4) is 11.3 Å². The number of nitrogens with two attached hydrogens (primary N) is 1. The molecule has 0 spiro atoms. The molecule has 0 unspecified atom stereocenters. The Hall–Kier alpha value is -2.51. The van der Waals surface area contributed by atoms with Crippen LogP contribution in [0, 0.1) is 0 Å². The number of carbonyl (C=O) groups is 1. The lowest BCUT2D eigenvalue weighted by atomic mass is 10.1. The lowest BCUT2D eigenvalue weighted by Crippen LogP contribution is -2.24. The molecule has 23 heavy (non-hydrogen) atoms. The molecule has 0 fully saturated rings. The minimum Gasteiger partial charge on any atom is -0.396 e. The summed E-state index contributed by atoms with van der Waals surface area (Å²) in [6.07, 6.45) is 0.526. The van der Waals surface area contributed by atoms with Gasteiger partial charge in [-0.2, -0.15) is 0 Å². The minimum atomic E-state index is -0.181. The van der Waals surface area contributed by atoms with E-state index in [9.17, 15) is 4.79 Å². The fraction of sp³-hybridized carbons (Fsp3) is 0.188. The highest BCUT2D eigenvalue weighted by Gasteiger charge is 2.15. The lowest BCUT2D eigenvalue weighted by molar-refractivity contribution is 0.0955. The second-order valence-corrected chi connectivity index (χ2v) is 5.99. The Morgan fingerprint density at radius 2 is 2.04 bits per heavy atom. The second-order valence-electron chi connectivity index (χ2n) is 4.96. The largest absolute Gasteiger partial charge is 0.396 e. The Morgan fingerprint density at radius 3 is 2.78 bits per heavy atom. The smallest absolute Gasteiger partial charge is 0.261 e. The van der Waals surface area contributed by atoms with Crippen LogP contribution in [-0.4, -0.2) is 34.1 Å². The van der Waals surface area contributed by atoms with Gasteiger partial charge in [-0.15, -0.1) is 11.3 Å². The zero-order chi connectivity index (χ0) is 16.2. The second kappa shape index (κ2) is 6.72. The predicted octanol–water partition coefficient (Wildman–Crippen LogP) is 2.05. The van der Waals surface area contributed by atoms with Crippen LogP contribution in [0.15, 0.2) is 36.4 Å². The van der Waals surface area contributed by atoms with Crippen molar-refractivity contribution in [3.63, 3.8) is 0 Å². The summed E-state index contributed by atoms with van der Waals surface area (Å²) in [5.41, 5.74) is 7.45. The molecular weight excluding hydrogens is 312 g/mol. The van der Waals surface area contributed by atoms with E-state index in [1.165, 1.54) is 11.3 Å². The van der Waals surface area contributed by atoms with Crippen LogP contribution >= 0.6 is 11.3 Å². The molecule has 118 valence electrons.